The van der Waals surface area contributed by atoms with E-state index in [0.717, 1.165) is 25.7 Å². The number of unbranched alkanes of at least 4 members (excludes halogenated alkanes) is 4. The predicted octanol–water partition coefficient (Wildman–Crippen LogP) is 4.14. The molecule has 0 rings (SSSR count). The molecule has 16 heavy (non-hydrogen) atoms. The van der Waals surface area contributed by atoms with Gasteiger partial charge in [0.1, 0.15) is 6.35 Å². The molecule has 0 aliphatic carbocycles. The second-order valence-electron chi connectivity index (χ2n) is 4.32. The van der Waals surface area contributed by atoms with Crippen molar-refractivity contribution in [2.24, 2.45) is 5.92 Å². The Bertz CT molecular complexity index is 161. The summed E-state index contributed by atoms with van der Waals surface area (Å²) >= 11 is 0. The van der Waals surface area contributed by atoms with Crippen LogP contribution in [0.4, 0.5) is 0 Å². The molecule has 0 bridgehead atoms. The maximum atomic E-state index is 11.7. The second-order valence-corrected chi connectivity index (χ2v) is 4.65. The van der Waals surface area contributed by atoms with Gasteiger partial charge in [0.15, 0.2) is 0 Å². The molecule has 0 saturated carbocycles. The van der Waals surface area contributed by atoms with Gasteiger partial charge in [-0.1, -0.05) is 61.6 Å². The average Bonchev–Trinajstić information content (AvgIpc) is 2.28. The molecule has 3 heteroatoms. The van der Waals surface area contributed by atoms with Crippen molar-refractivity contribution in [1.29, 1.82) is 0 Å². The lowest BCUT2D eigenvalue weighted by atomic mass is 9.95. The first-order chi connectivity index (χ1) is 7.76. The lowest BCUT2D eigenvalue weighted by molar-refractivity contribution is -0.146. The summed E-state index contributed by atoms with van der Waals surface area (Å²) in [5.74, 6) is 0.140. The molecular formula is C13H27O2P. The molecule has 0 radical (unpaired) electrons. The van der Waals surface area contributed by atoms with Crippen LogP contribution in [0.1, 0.15) is 65.2 Å². The van der Waals surface area contributed by atoms with Crippen molar-refractivity contribution in [3.8, 4) is 0 Å². The van der Waals surface area contributed by atoms with Gasteiger partial charge in [0.25, 0.3) is 0 Å². The first-order valence-electron chi connectivity index (χ1n) is 6.62. The highest BCUT2D eigenvalue weighted by molar-refractivity contribution is 7.16. The quantitative estimate of drug-likeness (QED) is 0.329. The first-order valence-corrected chi connectivity index (χ1v) is 7.44. The summed E-state index contributed by atoms with van der Waals surface area (Å²) in [6.07, 6.45) is 9.59. The molecule has 0 aliphatic heterocycles. The van der Waals surface area contributed by atoms with Crippen molar-refractivity contribution in [3.05, 3.63) is 0 Å². The van der Waals surface area contributed by atoms with E-state index in [1.165, 1.54) is 25.7 Å². The van der Waals surface area contributed by atoms with Crippen LogP contribution >= 0.6 is 9.24 Å². The Balaban J connectivity index is 3.89. The number of rotatable bonds is 10. The molecule has 0 aliphatic rings. The van der Waals surface area contributed by atoms with Gasteiger partial charge in [-0.3, -0.25) is 4.79 Å². The molecule has 0 amide bonds. The summed E-state index contributed by atoms with van der Waals surface area (Å²) in [6, 6.07) is 0. The van der Waals surface area contributed by atoms with Crippen LogP contribution in [0.3, 0.4) is 0 Å². The van der Waals surface area contributed by atoms with Crippen LogP contribution in [0, 0.1) is 5.92 Å². The van der Waals surface area contributed by atoms with E-state index < -0.39 is 0 Å². The molecule has 1 unspecified atom stereocenters. The Hall–Kier alpha value is -0.100. The van der Waals surface area contributed by atoms with Crippen LogP contribution in [0.5, 0.6) is 0 Å². The second kappa shape index (κ2) is 11.4. The number of ether oxygens (including phenoxy) is 1. The minimum Gasteiger partial charge on any atom is -0.461 e. The lowest BCUT2D eigenvalue weighted by Gasteiger charge is -2.14. The molecule has 0 fully saturated rings. The fourth-order valence-corrected chi connectivity index (χ4v) is 2.03. The minimum atomic E-state index is 0.00204. The molecule has 0 aromatic heterocycles. The van der Waals surface area contributed by atoms with Crippen LogP contribution in [0.25, 0.3) is 0 Å². The standard InChI is InChI=1S/C13H27O2P/c1-3-5-7-9-12(10-8-6-4-2)13(14)15-11-16/h12H,3-11,16H2,1-2H3. The SMILES string of the molecule is CCCCCC(CCCCC)C(=O)OCP. The third-order valence-corrected chi connectivity index (χ3v) is 3.04. The van der Waals surface area contributed by atoms with Gasteiger partial charge in [0.05, 0.1) is 5.92 Å². The van der Waals surface area contributed by atoms with Crippen LogP contribution in [0.2, 0.25) is 0 Å². The molecule has 0 heterocycles. The van der Waals surface area contributed by atoms with E-state index in [1.54, 1.807) is 0 Å². The van der Waals surface area contributed by atoms with Gasteiger partial charge in [-0.25, -0.2) is 0 Å². The van der Waals surface area contributed by atoms with Gasteiger partial charge >= 0.3 is 5.97 Å². The normalized spacial score (nSPS) is 10.8. The highest BCUT2D eigenvalue weighted by Crippen LogP contribution is 2.19. The fraction of sp³-hybridized carbons (Fsp3) is 0.923. The monoisotopic (exact) mass is 246 g/mol. The van der Waals surface area contributed by atoms with Crippen molar-refractivity contribution in [2.75, 3.05) is 6.35 Å². The maximum absolute atomic E-state index is 11.7. The van der Waals surface area contributed by atoms with Crippen molar-refractivity contribution in [1.82, 2.24) is 0 Å². The molecule has 0 spiro atoms. The smallest absolute Gasteiger partial charge is 0.309 e. The van der Waals surface area contributed by atoms with Crippen molar-refractivity contribution < 1.29 is 9.53 Å². The molecule has 0 aromatic carbocycles. The van der Waals surface area contributed by atoms with Gasteiger partial charge in [-0.15, -0.1) is 0 Å². The average molecular weight is 246 g/mol. The Kier molecular flexibility index (Phi) is 11.3. The summed E-state index contributed by atoms with van der Waals surface area (Å²) in [7, 11) is 2.44. The zero-order valence-corrected chi connectivity index (χ0v) is 12.0. The molecule has 96 valence electrons. The van der Waals surface area contributed by atoms with Crippen molar-refractivity contribution >= 4 is 15.2 Å². The molecule has 0 N–H and O–H groups in total. The van der Waals surface area contributed by atoms with Crippen LogP contribution in [0.15, 0.2) is 0 Å². The highest BCUT2D eigenvalue weighted by Gasteiger charge is 2.18. The molecule has 2 nitrogen and oxygen atoms in total. The number of carbonyl (C=O) groups is 1. The van der Waals surface area contributed by atoms with Gasteiger partial charge in [-0.2, -0.15) is 0 Å². The molecular weight excluding hydrogens is 219 g/mol. The number of carbonyl (C=O) groups excluding carboxylic acids is 1. The minimum absolute atomic E-state index is 0.00204. The van der Waals surface area contributed by atoms with E-state index in [4.69, 9.17) is 4.74 Å². The van der Waals surface area contributed by atoms with Crippen LogP contribution in [-0.4, -0.2) is 12.3 Å². The fourth-order valence-electron chi connectivity index (χ4n) is 1.86. The molecule has 0 aromatic rings. The Morgan fingerprint density at radius 1 is 1.06 bits per heavy atom. The first kappa shape index (κ1) is 15.9. The zero-order chi connectivity index (χ0) is 12.2. The Labute approximate surface area is 103 Å². The number of hydrogen-bond acceptors (Lipinski definition) is 2. The predicted molar refractivity (Wildman–Crippen MR) is 72.4 cm³/mol. The zero-order valence-electron chi connectivity index (χ0n) is 10.8. The summed E-state index contributed by atoms with van der Waals surface area (Å²) in [4.78, 5) is 11.7. The summed E-state index contributed by atoms with van der Waals surface area (Å²) in [5.41, 5.74) is 0. The van der Waals surface area contributed by atoms with E-state index in [1.807, 2.05) is 0 Å². The van der Waals surface area contributed by atoms with E-state index in [2.05, 4.69) is 23.1 Å². The lowest BCUT2D eigenvalue weighted by Crippen LogP contribution is -2.17. The van der Waals surface area contributed by atoms with Crippen LogP contribution in [-0.2, 0) is 9.53 Å². The van der Waals surface area contributed by atoms with E-state index in [9.17, 15) is 4.79 Å². The van der Waals surface area contributed by atoms with Gasteiger partial charge in [0.2, 0.25) is 0 Å². The van der Waals surface area contributed by atoms with Gasteiger partial charge < -0.3 is 4.74 Å². The Morgan fingerprint density at radius 2 is 1.56 bits per heavy atom. The van der Waals surface area contributed by atoms with E-state index >= 15 is 0 Å². The summed E-state index contributed by atoms with van der Waals surface area (Å²) in [6.45, 7) is 4.38. The molecule has 1 atom stereocenters. The topological polar surface area (TPSA) is 26.3 Å². The van der Waals surface area contributed by atoms with Crippen molar-refractivity contribution in [2.45, 2.75) is 65.2 Å². The third-order valence-electron chi connectivity index (χ3n) is 2.87. The summed E-state index contributed by atoms with van der Waals surface area (Å²) in [5, 5.41) is 0. The number of hydrogen-bond donors (Lipinski definition) is 0. The largest absolute Gasteiger partial charge is 0.461 e. The van der Waals surface area contributed by atoms with E-state index in [0.29, 0.717) is 6.35 Å². The van der Waals surface area contributed by atoms with E-state index in [-0.39, 0.29) is 11.9 Å². The maximum Gasteiger partial charge on any atom is 0.309 e. The van der Waals surface area contributed by atoms with Gasteiger partial charge in [0, 0.05) is 0 Å². The summed E-state index contributed by atoms with van der Waals surface area (Å²) < 4.78 is 5.09. The highest BCUT2D eigenvalue weighted by atomic mass is 31.0. The van der Waals surface area contributed by atoms with Crippen molar-refractivity contribution in [3.63, 3.8) is 0 Å². The molecule has 0 saturated heterocycles. The van der Waals surface area contributed by atoms with Gasteiger partial charge in [-0.05, 0) is 12.8 Å². The number of esters is 1. The van der Waals surface area contributed by atoms with Crippen LogP contribution < -0.4 is 0 Å². The Morgan fingerprint density at radius 3 is 1.94 bits per heavy atom. The third kappa shape index (κ3) is 8.10.